The van der Waals surface area contributed by atoms with Crippen LogP contribution in [0.5, 0.6) is 5.75 Å². The Balaban J connectivity index is 2.40. The van der Waals surface area contributed by atoms with Crippen molar-refractivity contribution in [2.45, 2.75) is 0 Å². The molecule has 1 N–H and O–H groups in total. The van der Waals surface area contributed by atoms with E-state index in [1.165, 1.54) is 10.0 Å². The van der Waals surface area contributed by atoms with Crippen molar-refractivity contribution < 1.29 is 5.11 Å². The third-order valence-corrected chi connectivity index (χ3v) is 2.69. The Morgan fingerprint density at radius 3 is 1.64 bits per heavy atom. The number of phenols is 1. The van der Waals surface area contributed by atoms with Crippen molar-refractivity contribution in [3.8, 4) is 16.9 Å². The van der Waals surface area contributed by atoms with Crippen molar-refractivity contribution in [3.05, 3.63) is 48.5 Å². The van der Waals surface area contributed by atoms with Gasteiger partial charge in [-0.25, -0.2) is 0 Å². The van der Waals surface area contributed by atoms with Crippen LogP contribution in [0.25, 0.3) is 11.1 Å². The van der Waals surface area contributed by atoms with Gasteiger partial charge in [0.15, 0.2) is 0 Å². The van der Waals surface area contributed by atoms with Gasteiger partial charge in [0.1, 0.15) is 0 Å². The van der Waals surface area contributed by atoms with Gasteiger partial charge < -0.3 is 0 Å². The van der Waals surface area contributed by atoms with Crippen molar-refractivity contribution in [2.24, 2.45) is 0 Å². The van der Waals surface area contributed by atoms with Crippen LogP contribution in [0.2, 0.25) is 0 Å². The van der Waals surface area contributed by atoms with Crippen LogP contribution in [-0.2, 0) is 0 Å². The molecule has 0 saturated heterocycles. The molecule has 0 heterocycles. The minimum atomic E-state index is 0.303. The van der Waals surface area contributed by atoms with Crippen LogP contribution in [0.15, 0.2) is 48.5 Å². The number of hydrogen-bond acceptors (Lipinski definition) is 1. The van der Waals surface area contributed by atoms with Crippen LogP contribution in [-0.4, -0.2) is 21.1 Å². The molecule has 2 aromatic rings. The van der Waals surface area contributed by atoms with E-state index < -0.39 is 0 Å². The molecule has 2 aromatic carbocycles. The fourth-order valence-electron chi connectivity index (χ4n) is 1.31. The maximum absolute atomic E-state index is 9.15. The van der Waals surface area contributed by atoms with E-state index in [0.29, 0.717) is 5.75 Å². The molecular weight excluding hydrogens is 239 g/mol. The molecule has 0 radical (unpaired) electrons. The first-order valence-electron chi connectivity index (χ1n) is 4.34. The number of phenolic OH excluding ortho intramolecular Hbond substituents is 1. The molecule has 0 aromatic heterocycles. The van der Waals surface area contributed by atoms with Gasteiger partial charge in [0.25, 0.3) is 0 Å². The maximum atomic E-state index is 9.15. The number of rotatable bonds is 1. The zero-order chi connectivity index (χ0) is 9.97. The summed E-state index contributed by atoms with van der Waals surface area (Å²) in [5.74, 6) is 0.303. The van der Waals surface area contributed by atoms with Gasteiger partial charge in [-0.15, -0.1) is 0 Å². The molecule has 0 unspecified atom stereocenters. The van der Waals surface area contributed by atoms with Crippen molar-refractivity contribution in [1.29, 1.82) is 0 Å². The molecule has 0 fully saturated rings. The van der Waals surface area contributed by atoms with Crippen molar-refractivity contribution in [2.75, 3.05) is 0 Å². The topological polar surface area (TPSA) is 20.2 Å². The van der Waals surface area contributed by atoms with Crippen LogP contribution in [0.4, 0.5) is 0 Å². The van der Waals surface area contributed by atoms with Gasteiger partial charge >= 0.3 is 91.0 Å². The van der Waals surface area contributed by atoms with Crippen molar-refractivity contribution >= 4 is 20.5 Å². The van der Waals surface area contributed by atoms with E-state index in [-0.39, 0.29) is 0 Å². The first-order valence-corrected chi connectivity index (χ1v) is 5.28. The molecule has 1 nitrogen and oxygen atoms in total. The van der Waals surface area contributed by atoms with Crippen LogP contribution in [0, 0.1) is 0 Å². The molecule has 0 atom stereocenters. The predicted molar refractivity (Wildman–Crippen MR) is 60.3 cm³/mol. The van der Waals surface area contributed by atoms with E-state index in [1.807, 2.05) is 12.1 Å². The molecule has 70 valence electrons. The quantitative estimate of drug-likeness (QED) is 0.761. The van der Waals surface area contributed by atoms with Gasteiger partial charge in [-0.1, -0.05) is 0 Å². The molecule has 0 saturated carbocycles. The fourth-order valence-corrected chi connectivity index (χ4v) is 1.62. The van der Waals surface area contributed by atoms with Gasteiger partial charge in [0.2, 0.25) is 0 Å². The van der Waals surface area contributed by atoms with Gasteiger partial charge in [0.05, 0.1) is 0 Å². The van der Waals surface area contributed by atoms with Gasteiger partial charge in [-0.05, 0) is 0 Å². The summed E-state index contributed by atoms with van der Waals surface area (Å²) >= 11 is 2.51. The Labute approximate surface area is 91.2 Å². The SMILES string of the molecule is Oc1ccc(-c2ccc([SeH])cc2)cc1. The second-order valence-corrected chi connectivity index (χ2v) is 4.18. The third kappa shape index (κ3) is 1.98. The average Bonchev–Trinajstić information content (AvgIpc) is 2.21. The summed E-state index contributed by atoms with van der Waals surface area (Å²) in [6.45, 7) is 0. The average molecular weight is 249 g/mol. The Bertz CT molecular complexity index is 374. The fraction of sp³-hybridized carbons (Fsp3) is 0. The van der Waals surface area contributed by atoms with E-state index in [0.717, 1.165) is 5.56 Å². The van der Waals surface area contributed by atoms with Crippen molar-refractivity contribution in [1.82, 2.24) is 0 Å². The Morgan fingerprint density at radius 2 is 1.14 bits per heavy atom. The van der Waals surface area contributed by atoms with E-state index in [4.69, 9.17) is 5.11 Å². The summed E-state index contributed by atoms with van der Waals surface area (Å²) in [6.07, 6.45) is 0. The van der Waals surface area contributed by atoms with Crippen LogP contribution in [0.1, 0.15) is 0 Å². The Hall–Kier alpha value is -1.24. The number of aromatic hydroxyl groups is 1. The second kappa shape index (κ2) is 3.87. The molecule has 0 aliphatic rings. The summed E-state index contributed by atoms with van der Waals surface area (Å²) in [5, 5.41) is 9.15. The van der Waals surface area contributed by atoms with E-state index in [1.54, 1.807) is 12.1 Å². The van der Waals surface area contributed by atoms with Gasteiger partial charge in [0, 0.05) is 0 Å². The molecular formula is C12H10OSe. The van der Waals surface area contributed by atoms with Crippen LogP contribution in [0.3, 0.4) is 0 Å². The zero-order valence-electron chi connectivity index (χ0n) is 7.51. The van der Waals surface area contributed by atoms with Gasteiger partial charge in [-0.2, -0.15) is 0 Å². The molecule has 2 rings (SSSR count). The summed E-state index contributed by atoms with van der Waals surface area (Å²) in [6, 6.07) is 15.5. The van der Waals surface area contributed by atoms with Crippen molar-refractivity contribution in [3.63, 3.8) is 0 Å². The molecule has 14 heavy (non-hydrogen) atoms. The molecule has 0 aliphatic heterocycles. The standard InChI is InChI=1S/C12H10OSe/c13-11-5-1-9(2-6-11)10-3-7-12(14)8-4-10/h1-8,13-14H. The first-order chi connectivity index (χ1) is 6.75. The second-order valence-electron chi connectivity index (χ2n) is 3.09. The minimum absolute atomic E-state index is 0.303. The normalized spacial score (nSPS) is 10.1. The van der Waals surface area contributed by atoms with Crippen LogP contribution >= 0.6 is 0 Å². The monoisotopic (exact) mass is 250 g/mol. The first kappa shape index (κ1) is 9.32. The van der Waals surface area contributed by atoms with E-state index in [2.05, 4.69) is 40.3 Å². The van der Waals surface area contributed by atoms with E-state index >= 15 is 0 Å². The van der Waals surface area contributed by atoms with Gasteiger partial charge in [-0.3, -0.25) is 0 Å². The summed E-state index contributed by atoms with van der Waals surface area (Å²) < 4.78 is 1.19. The Morgan fingerprint density at radius 1 is 0.714 bits per heavy atom. The van der Waals surface area contributed by atoms with E-state index in [9.17, 15) is 0 Å². The summed E-state index contributed by atoms with van der Waals surface area (Å²) in [7, 11) is 0. The molecule has 0 amide bonds. The molecule has 0 aliphatic carbocycles. The Kier molecular flexibility index (Phi) is 2.58. The summed E-state index contributed by atoms with van der Waals surface area (Å²) in [5.41, 5.74) is 2.29. The zero-order valence-corrected chi connectivity index (χ0v) is 9.39. The molecule has 0 bridgehead atoms. The van der Waals surface area contributed by atoms with Crippen LogP contribution < -0.4 is 4.46 Å². The summed E-state index contributed by atoms with van der Waals surface area (Å²) in [4.78, 5) is 0. The third-order valence-electron chi connectivity index (χ3n) is 2.07. The number of hydrogen-bond donors (Lipinski definition) is 1. The predicted octanol–water partition coefficient (Wildman–Crippen LogP) is 1.59. The number of benzene rings is 2. The molecule has 0 spiro atoms. The molecule has 2 heteroatoms.